The van der Waals surface area contributed by atoms with Gasteiger partial charge < -0.3 is 10.1 Å². The van der Waals surface area contributed by atoms with Crippen LogP contribution in [0.25, 0.3) is 5.52 Å². The summed E-state index contributed by atoms with van der Waals surface area (Å²) >= 11 is 6.15. The van der Waals surface area contributed by atoms with Crippen LogP contribution in [0.1, 0.15) is 11.7 Å². The smallest absolute Gasteiger partial charge is 0.158 e. The number of hydrogen-bond acceptors (Lipinski definition) is 3. The Morgan fingerprint density at radius 2 is 2.38 bits per heavy atom. The summed E-state index contributed by atoms with van der Waals surface area (Å²) in [5.41, 5.74) is 0.855. The summed E-state index contributed by atoms with van der Waals surface area (Å²) in [5.74, 6) is 2.23. The van der Waals surface area contributed by atoms with Gasteiger partial charge >= 0.3 is 0 Å². The van der Waals surface area contributed by atoms with Crippen molar-refractivity contribution in [3.8, 4) is 5.75 Å². The first kappa shape index (κ1) is 9.93. The predicted molar refractivity (Wildman–Crippen MR) is 62.4 cm³/mol. The highest BCUT2D eigenvalue weighted by Crippen LogP contribution is 2.31. The summed E-state index contributed by atoms with van der Waals surface area (Å²) in [6.45, 7) is 1.93. The first-order chi connectivity index (χ1) is 7.81. The van der Waals surface area contributed by atoms with E-state index in [4.69, 9.17) is 16.3 Å². The van der Waals surface area contributed by atoms with E-state index in [1.165, 1.54) is 0 Å². The first-order valence-electron chi connectivity index (χ1n) is 5.22. The third-order valence-corrected chi connectivity index (χ3v) is 3.24. The molecule has 16 heavy (non-hydrogen) atoms. The monoisotopic (exact) mass is 237 g/mol. The largest absolute Gasteiger partial charge is 0.494 e. The lowest BCUT2D eigenvalue weighted by atomic mass is 10.0. The minimum absolute atomic E-state index is 0.451. The van der Waals surface area contributed by atoms with E-state index in [1.807, 2.05) is 22.7 Å². The van der Waals surface area contributed by atoms with E-state index < -0.39 is 0 Å². The molecule has 3 rings (SSSR count). The van der Waals surface area contributed by atoms with E-state index in [0.717, 1.165) is 30.2 Å². The van der Waals surface area contributed by atoms with Gasteiger partial charge in [0.2, 0.25) is 0 Å². The van der Waals surface area contributed by atoms with Gasteiger partial charge in [-0.3, -0.25) is 4.40 Å². The highest BCUT2D eigenvalue weighted by atomic mass is 35.5. The topological polar surface area (TPSA) is 38.6 Å². The Morgan fingerprint density at radius 1 is 1.56 bits per heavy atom. The molecule has 1 N–H and O–H groups in total. The van der Waals surface area contributed by atoms with Crippen molar-refractivity contribution >= 4 is 17.1 Å². The third kappa shape index (κ3) is 1.30. The molecule has 0 saturated carbocycles. The molecule has 1 saturated heterocycles. The Balaban J connectivity index is 2.24. The van der Waals surface area contributed by atoms with Crippen molar-refractivity contribution in [2.24, 2.45) is 0 Å². The van der Waals surface area contributed by atoms with E-state index in [1.54, 1.807) is 7.11 Å². The fraction of sp³-hybridized carbons (Fsp3) is 0.364. The van der Waals surface area contributed by atoms with Crippen LogP contribution >= 0.6 is 11.6 Å². The number of fused-ring (bicyclic) bond motifs is 1. The molecule has 0 amide bonds. The maximum atomic E-state index is 6.15. The second-order valence-electron chi connectivity index (χ2n) is 3.91. The van der Waals surface area contributed by atoms with Gasteiger partial charge in [0.1, 0.15) is 17.1 Å². The average Bonchev–Trinajstić information content (AvgIpc) is 2.54. The van der Waals surface area contributed by atoms with Crippen LogP contribution in [0.4, 0.5) is 0 Å². The molecule has 2 aromatic rings. The van der Waals surface area contributed by atoms with Crippen molar-refractivity contribution in [2.45, 2.75) is 5.92 Å². The lowest BCUT2D eigenvalue weighted by Crippen LogP contribution is -2.40. The molecular formula is C11H12ClN3O. The summed E-state index contributed by atoms with van der Waals surface area (Å²) in [5, 5.41) is 3.75. The van der Waals surface area contributed by atoms with Gasteiger partial charge in [0, 0.05) is 25.2 Å². The number of hydrogen-bond donors (Lipinski definition) is 1. The fourth-order valence-electron chi connectivity index (χ4n) is 2.01. The zero-order valence-electron chi connectivity index (χ0n) is 8.90. The van der Waals surface area contributed by atoms with Gasteiger partial charge in [-0.1, -0.05) is 11.6 Å². The lowest BCUT2D eigenvalue weighted by molar-refractivity contribution is 0.415. The molecule has 0 unspecified atom stereocenters. The summed E-state index contributed by atoms with van der Waals surface area (Å²) in [6, 6.07) is 3.84. The minimum atomic E-state index is 0.451. The lowest BCUT2D eigenvalue weighted by Gasteiger charge is -2.25. The molecule has 1 fully saturated rings. The van der Waals surface area contributed by atoms with Crippen molar-refractivity contribution in [1.82, 2.24) is 14.7 Å². The van der Waals surface area contributed by atoms with Crippen LogP contribution in [0.5, 0.6) is 5.75 Å². The quantitative estimate of drug-likeness (QED) is 0.864. The Labute approximate surface area is 98.2 Å². The number of rotatable bonds is 2. The van der Waals surface area contributed by atoms with E-state index >= 15 is 0 Å². The van der Waals surface area contributed by atoms with Crippen LogP contribution in [0, 0.1) is 0 Å². The Morgan fingerprint density at radius 3 is 3.00 bits per heavy atom. The molecule has 5 heteroatoms. The number of aromatic nitrogens is 2. The van der Waals surface area contributed by atoms with E-state index in [9.17, 15) is 0 Å². The Kier molecular flexibility index (Phi) is 2.26. The van der Waals surface area contributed by atoms with Crippen LogP contribution in [-0.4, -0.2) is 29.6 Å². The fourth-order valence-corrected chi connectivity index (χ4v) is 2.28. The molecule has 0 radical (unpaired) electrons. The van der Waals surface area contributed by atoms with Gasteiger partial charge in [0.25, 0.3) is 0 Å². The van der Waals surface area contributed by atoms with Crippen molar-refractivity contribution < 1.29 is 4.74 Å². The van der Waals surface area contributed by atoms with Crippen molar-refractivity contribution in [2.75, 3.05) is 20.2 Å². The van der Waals surface area contributed by atoms with E-state index in [0.29, 0.717) is 11.1 Å². The Hall–Kier alpha value is -1.26. The summed E-state index contributed by atoms with van der Waals surface area (Å²) in [4.78, 5) is 4.43. The van der Waals surface area contributed by atoms with E-state index in [2.05, 4.69) is 10.3 Å². The van der Waals surface area contributed by atoms with Gasteiger partial charge in [-0.25, -0.2) is 4.98 Å². The Bertz CT molecular complexity index is 533. The molecule has 1 aliphatic rings. The van der Waals surface area contributed by atoms with Crippen molar-refractivity contribution in [1.29, 1.82) is 0 Å². The highest BCUT2D eigenvalue weighted by molar-refractivity contribution is 6.33. The maximum Gasteiger partial charge on any atom is 0.158 e. The molecule has 1 aliphatic heterocycles. The number of pyridine rings is 1. The number of methoxy groups -OCH3 is 1. The SMILES string of the molecule is COc1cccn2c(C3CNC3)nc(Cl)c12. The zero-order valence-corrected chi connectivity index (χ0v) is 9.66. The number of ether oxygens (including phenoxy) is 1. The van der Waals surface area contributed by atoms with Crippen LogP contribution in [0.15, 0.2) is 18.3 Å². The molecule has 0 spiro atoms. The summed E-state index contributed by atoms with van der Waals surface area (Å²) < 4.78 is 7.31. The molecule has 0 atom stereocenters. The number of halogens is 1. The van der Waals surface area contributed by atoms with Crippen molar-refractivity contribution in [3.63, 3.8) is 0 Å². The predicted octanol–water partition coefficient (Wildman–Crippen LogP) is 1.68. The molecule has 0 bridgehead atoms. The standard InChI is InChI=1S/C11H12ClN3O/c1-16-8-3-2-4-15-9(8)10(12)14-11(15)7-5-13-6-7/h2-4,7,13H,5-6H2,1H3. The minimum Gasteiger partial charge on any atom is -0.494 e. The molecule has 2 aromatic heterocycles. The maximum absolute atomic E-state index is 6.15. The second-order valence-corrected chi connectivity index (χ2v) is 4.27. The second kappa shape index (κ2) is 3.64. The first-order valence-corrected chi connectivity index (χ1v) is 5.60. The molecule has 3 heterocycles. The summed E-state index contributed by atoms with van der Waals surface area (Å²) in [6.07, 6.45) is 1.98. The normalized spacial score (nSPS) is 16.4. The van der Waals surface area contributed by atoms with Crippen LogP contribution in [0.2, 0.25) is 5.15 Å². The molecular weight excluding hydrogens is 226 g/mol. The highest BCUT2D eigenvalue weighted by Gasteiger charge is 2.25. The average molecular weight is 238 g/mol. The van der Waals surface area contributed by atoms with E-state index in [-0.39, 0.29) is 0 Å². The third-order valence-electron chi connectivity index (χ3n) is 2.98. The van der Waals surface area contributed by atoms with Gasteiger partial charge in [0.15, 0.2) is 5.15 Å². The van der Waals surface area contributed by atoms with Crippen LogP contribution in [-0.2, 0) is 0 Å². The summed E-state index contributed by atoms with van der Waals surface area (Å²) in [7, 11) is 1.64. The molecule has 4 nitrogen and oxygen atoms in total. The van der Waals surface area contributed by atoms with Crippen LogP contribution in [0.3, 0.4) is 0 Å². The van der Waals surface area contributed by atoms with Gasteiger partial charge in [-0.05, 0) is 12.1 Å². The van der Waals surface area contributed by atoms with Gasteiger partial charge in [-0.15, -0.1) is 0 Å². The number of nitrogens with zero attached hydrogens (tertiary/aromatic N) is 2. The molecule has 0 aromatic carbocycles. The van der Waals surface area contributed by atoms with Crippen molar-refractivity contribution in [3.05, 3.63) is 29.3 Å². The van der Waals surface area contributed by atoms with Gasteiger partial charge in [-0.2, -0.15) is 0 Å². The molecule has 0 aliphatic carbocycles. The molecule has 84 valence electrons. The van der Waals surface area contributed by atoms with Crippen LogP contribution < -0.4 is 10.1 Å². The van der Waals surface area contributed by atoms with Gasteiger partial charge in [0.05, 0.1) is 7.11 Å². The zero-order chi connectivity index (χ0) is 11.1. The number of nitrogens with one attached hydrogen (secondary N) is 1. The number of imidazole rings is 1.